The van der Waals surface area contributed by atoms with Gasteiger partial charge in [0.05, 0.1) is 22.7 Å². The summed E-state index contributed by atoms with van der Waals surface area (Å²) < 4.78 is 13.6. The van der Waals surface area contributed by atoms with Gasteiger partial charge in [0, 0.05) is 25.6 Å². The highest BCUT2D eigenvalue weighted by Gasteiger charge is 2.14. The van der Waals surface area contributed by atoms with Crippen molar-refractivity contribution < 1.29 is 14.3 Å². The zero-order chi connectivity index (χ0) is 18.9. The Balaban J connectivity index is 1.89. The first-order chi connectivity index (χ1) is 12.6. The highest BCUT2D eigenvalue weighted by atomic mass is 79.9. The second kappa shape index (κ2) is 9.77. The van der Waals surface area contributed by atoms with Crippen molar-refractivity contribution in [2.45, 2.75) is 26.8 Å². The molecule has 0 unspecified atom stereocenters. The Kier molecular flexibility index (Phi) is 7.41. The van der Waals surface area contributed by atoms with E-state index in [2.05, 4.69) is 37.5 Å². The molecule has 1 aromatic heterocycles. The van der Waals surface area contributed by atoms with Crippen LogP contribution in [0.5, 0.6) is 11.5 Å². The lowest BCUT2D eigenvalue weighted by molar-refractivity contribution is -0.123. The van der Waals surface area contributed by atoms with Gasteiger partial charge in [-0.2, -0.15) is 5.26 Å². The van der Waals surface area contributed by atoms with Crippen molar-refractivity contribution in [2.24, 2.45) is 0 Å². The standard InChI is InChI=1S/C17H20BrN5O3/c1-3-23-11-21-22-15(23)5-6-20-16(24)10-26-17-13(18)7-12(9-19)8-14(17)25-4-2/h7-8,11H,3-6,10H2,1-2H3,(H,20,24). The zero-order valence-electron chi connectivity index (χ0n) is 14.7. The predicted octanol–water partition coefficient (Wildman–Crippen LogP) is 2.07. The van der Waals surface area contributed by atoms with Crippen LogP contribution in [0.15, 0.2) is 22.9 Å². The van der Waals surface area contributed by atoms with E-state index in [9.17, 15) is 4.79 Å². The van der Waals surface area contributed by atoms with Crippen molar-refractivity contribution in [1.82, 2.24) is 20.1 Å². The molecule has 8 nitrogen and oxygen atoms in total. The van der Waals surface area contributed by atoms with E-state index in [4.69, 9.17) is 14.7 Å². The summed E-state index contributed by atoms with van der Waals surface area (Å²) in [7, 11) is 0. The van der Waals surface area contributed by atoms with Crippen molar-refractivity contribution in [2.75, 3.05) is 19.8 Å². The first kappa shape index (κ1) is 19.7. The number of nitrogens with one attached hydrogen (secondary N) is 1. The Morgan fingerprint density at radius 3 is 2.88 bits per heavy atom. The molecule has 0 bridgehead atoms. The number of hydrogen-bond donors (Lipinski definition) is 1. The van der Waals surface area contributed by atoms with Gasteiger partial charge in [0.1, 0.15) is 12.2 Å². The highest BCUT2D eigenvalue weighted by Crippen LogP contribution is 2.36. The maximum absolute atomic E-state index is 12.0. The van der Waals surface area contributed by atoms with E-state index in [0.717, 1.165) is 12.4 Å². The normalized spacial score (nSPS) is 10.2. The molecule has 1 N–H and O–H groups in total. The second-order valence-electron chi connectivity index (χ2n) is 5.25. The van der Waals surface area contributed by atoms with Gasteiger partial charge in [-0.3, -0.25) is 4.79 Å². The Labute approximate surface area is 160 Å². The quantitative estimate of drug-likeness (QED) is 0.664. The maximum Gasteiger partial charge on any atom is 0.257 e. The van der Waals surface area contributed by atoms with Gasteiger partial charge in [0.2, 0.25) is 0 Å². The summed E-state index contributed by atoms with van der Waals surface area (Å²) in [4.78, 5) is 12.0. The number of benzene rings is 1. The first-order valence-corrected chi connectivity index (χ1v) is 9.00. The monoisotopic (exact) mass is 421 g/mol. The topological polar surface area (TPSA) is 102 Å². The average Bonchev–Trinajstić information content (AvgIpc) is 3.08. The van der Waals surface area contributed by atoms with E-state index in [-0.39, 0.29) is 12.5 Å². The van der Waals surface area contributed by atoms with Crippen LogP contribution < -0.4 is 14.8 Å². The molecule has 1 heterocycles. The molecule has 0 atom stereocenters. The number of hydrogen-bond acceptors (Lipinski definition) is 6. The molecule has 138 valence electrons. The summed E-state index contributed by atoms with van der Waals surface area (Å²) in [5.74, 6) is 1.38. The molecular formula is C17H20BrN5O3. The smallest absolute Gasteiger partial charge is 0.257 e. The van der Waals surface area contributed by atoms with Crippen LogP contribution in [-0.4, -0.2) is 40.4 Å². The number of aromatic nitrogens is 3. The molecule has 0 aliphatic heterocycles. The molecule has 0 aliphatic carbocycles. The lowest BCUT2D eigenvalue weighted by Crippen LogP contribution is -2.31. The summed E-state index contributed by atoms with van der Waals surface area (Å²) in [6, 6.07) is 5.25. The number of nitrogens with zero attached hydrogens (tertiary/aromatic N) is 4. The minimum Gasteiger partial charge on any atom is -0.490 e. The third kappa shape index (κ3) is 5.20. The molecule has 1 aromatic carbocycles. The number of rotatable bonds is 9. The van der Waals surface area contributed by atoms with Gasteiger partial charge in [0.25, 0.3) is 5.91 Å². The molecule has 0 aliphatic rings. The second-order valence-corrected chi connectivity index (χ2v) is 6.11. The van der Waals surface area contributed by atoms with Crippen molar-refractivity contribution in [1.29, 1.82) is 5.26 Å². The van der Waals surface area contributed by atoms with Gasteiger partial charge in [-0.15, -0.1) is 10.2 Å². The highest BCUT2D eigenvalue weighted by molar-refractivity contribution is 9.10. The van der Waals surface area contributed by atoms with E-state index in [1.54, 1.807) is 18.5 Å². The Morgan fingerprint density at radius 2 is 2.19 bits per heavy atom. The van der Waals surface area contributed by atoms with Crippen molar-refractivity contribution in [3.8, 4) is 17.6 Å². The molecule has 2 aromatic rings. The van der Waals surface area contributed by atoms with Crippen LogP contribution >= 0.6 is 15.9 Å². The summed E-state index contributed by atoms with van der Waals surface area (Å²) in [6.07, 6.45) is 2.25. The minimum atomic E-state index is -0.258. The number of carbonyl (C=O) groups excluding carboxylic acids is 1. The number of amides is 1. The largest absolute Gasteiger partial charge is 0.490 e. The molecule has 1 amide bonds. The molecule has 2 rings (SSSR count). The maximum atomic E-state index is 12.0. The van der Waals surface area contributed by atoms with Gasteiger partial charge in [0.15, 0.2) is 18.1 Å². The van der Waals surface area contributed by atoms with Gasteiger partial charge < -0.3 is 19.4 Å². The van der Waals surface area contributed by atoms with E-state index >= 15 is 0 Å². The van der Waals surface area contributed by atoms with Gasteiger partial charge in [-0.05, 0) is 35.8 Å². The van der Waals surface area contributed by atoms with Gasteiger partial charge >= 0.3 is 0 Å². The van der Waals surface area contributed by atoms with Gasteiger partial charge in [-0.25, -0.2) is 0 Å². The fourth-order valence-corrected chi connectivity index (χ4v) is 2.83. The van der Waals surface area contributed by atoms with E-state index in [0.29, 0.717) is 41.1 Å². The summed E-state index contributed by atoms with van der Waals surface area (Å²) in [5, 5.41) is 19.7. The van der Waals surface area contributed by atoms with Crippen LogP contribution in [0.25, 0.3) is 0 Å². The zero-order valence-corrected chi connectivity index (χ0v) is 16.2. The number of nitriles is 1. The molecule has 0 fully saturated rings. The minimum absolute atomic E-state index is 0.162. The Hall–Kier alpha value is -2.60. The molecule has 0 saturated carbocycles. The Bertz CT molecular complexity index is 800. The van der Waals surface area contributed by atoms with Crippen LogP contribution in [0.2, 0.25) is 0 Å². The van der Waals surface area contributed by atoms with Crippen LogP contribution in [-0.2, 0) is 17.8 Å². The van der Waals surface area contributed by atoms with Gasteiger partial charge in [-0.1, -0.05) is 0 Å². The van der Waals surface area contributed by atoms with E-state index < -0.39 is 0 Å². The van der Waals surface area contributed by atoms with E-state index in [1.165, 1.54) is 0 Å². The van der Waals surface area contributed by atoms with Crippen LogP contribution in [0.4, 0.5) is 0 Å². The van der Waals surface area contributed by atoms with Crippen LogP contribution in [0, 0.1) is 11.3 Å². The average molecular weight is 422 g/mol. The molecule has 26 heavy (non-hydrogen) atoms. The lowest BCUT2D eigenvalue weighted by Gasteiger charge is -2.14. The third-order valence-corrected chi connectivity index (χ3v) is 4.08. The SMILES string of the molecule is CCOc1cc(C#N)cc(Br)c1OCC(=O)NCCc1nncn1CC. The van der Waals surface area contributed by atoms with Crippen molar-refractivity contribution in [3.05, 3.63) is 34.3 Å². The van der Waals surface area contributed by atoms with Crippen molar-refractivity contribution in [3.63, 3.8) is 0 Å². The molecule has 0 radical (unpaired) electrons. The number of carbonyl (C=O) groups is 1. The first-order valence-electron chi connectivity index (χ1n) is 8.21. The number of halogens is 1. The number of ether oxygens (including phenoxy) is 2. The predicted molar refractivity (Wildman–Crippen MR) is 97.9 cm³/mol. The summed E-state index contributed by atoms with van der Waals surface area (Å²) in [6.45, 7) is 5.32. The van der Waals surface area contributed by atoms with E-state index in [1.807, 2.05) is 18.4 Å². The molecule has 0 saturated heterocycles. The molecule has 9 heteroatoms. The van der Waals surface area contributed by atoms with Crippen molar-refractivity contribution >= 4 is 21.8 Å². The molecular weight excluding hydrogens is 402 g/mol. The fraction of sp³-hybridized carbons (Fsp3) is 0.412. The summed E-state index contributed by atoms with van der Waals surface area (Å²) in [5.41, 5.74) is 0.442. The Morgan fingerprint density at radius 1 is 1.38 bits per heavy atom. The lowest BCUT2D eigenvalue weighted by atomic mass is 10.2. The van der Waals surface area contributed by atoms with Crippen LogP contribution in [0.3, 0.4) is 0 Å². The number of aryl methyl sites for hydroxylation is 1. The summed E-state index contributed by atoms with van der Waals surface area (Å²) >= 11 is 3.35. The van der Waals surface area contributed by atoms with Crippen LogP contribution in [0.1, 0.15) is 25.2 Å². The fourth-order valence-electron chi connectivity index (χ4n) is 2.27. The molecule has 0 spiro atoms. The third-order valence-electron chi connectivity index (χ3n) is 3.49.